The molecule has 2 aromatic carbocycles. The maximum atomic E-state index is 12.8. The molecule has 0 amide bonds. The second-order valence-electron chi connectivity index (χ2n) is 7.97. The fraction of sp³-hybridized carbons (Fsp3) is 0.348. The summed E-state index contributed by atoms with van der Waals surface area (Å²) >= 11 is 0. The van der Waals surface area contributed by atoms with Crippen LogP contribution in [0.2, 0.25) is 0 Å². The van der Waals surface area contributed by atoms with Gasteiger partial charge in [0.1, 0.15) is 17.1 Å². The Bertz CT molecular complexity index is 1190. The number of carbonyl (C=O) groups is 1. The molecule has 7 heteroatoms. The van der Waals surface area contributed by atoms with Crippen molar-refractivity contribution in [1.29, 1.82) is 0 Å². The summed E-state index contributed by atoms with van der Waals surface area (Å²) in [6, 6.07) is 7.63. The second-order valence-corrected chi connectivity index (χ2v) is 7.97. The Labute approximate surface area is 172 Å². The van der Waals surface area contributed by atoms with E-state index in [1.54, 1.807) is 26.5 Å². The van der Waals surface area contributed by atoms with Gasteiger partial charge in [-0.1, -0.05) is 6.92 Å². The molecule has 3 aliphatic rings. The number of hydrogen-bond donors (Lipinski definition) is 0. The van der Waals surface area contributed by atoms with Gasteiger partial charge in [0.25, 0.3) is 0 Å². The molecule has 1 fully saturated rings. The molecule has 3 heterocycles. The number of furan rings is 1. The minimum absolute atomic E-state index is 0.0725. The molecule has 0 unspecified atom stereocenters. The van der Waals surface area contributed by atoms with E-state index in [1.165, 1.54) is 0 Å². The van der Waals surface area contributed by atoms with E-state index in [2.05, 4.69) is 6.92 Å². The lowest BCUT2D eigenvalue weighted by molar-refractivity contribution is -0.150. The van der Waals surface area contributed by atoms with Crippen molar-refractivity contribution in [3.8, 4) is 28.7 Å². The van der Waals surface area contributed by atoms with Crippen LogP contribution in [0.3, 0.4) is 0 Å². The third-order valence-corrected chi connectivity index (χ3v) is 6.70. The minimum atomic E-state index is -0.239. The number of fused-ring (bicyclic) bond motifs is 5. The van der Waals surface area contributed by atoms with Gasteiger partial charge in [0, 0.05) is 17.5 Å². The molecule has 0 spiro atoms. The number of esters is 1. The molecule has 0 bridgehead atoms. The first kappa shape index (κ1) is 17.5. The average Bonchev–Trinajstić information content (AvgIpc) is 3.39. The van der Waals surface area contributed by atoms with Gasteiger partial charge >= 0.3 is 5.97 Å². The number of carbonyl (C=O) groups excluding carboxylic acids is 1. The summed E-state index contributed by atoms with van der Waals surface area (Å²) in [5.41, 5.74) is 2.58. The van der Waals surface area contributed by atoms with E-state index in [9.17, 15) is 4.79 Å². The Balaban J connectivity index is 1.54. The summed E-state index contributed by atoms with van der Waals surface area (Å²) in [6.45, 7) is 2.25. The standard InChI is InChI=1S/C23H20O7/c1-10-17(11-6-15(25-2)22-16(7-11)28-9-29-22)20-18(10)23(24)30-14-8-13-12(4-5-27-13)21(26-3)19(14)20/h4-8,10,17-18,20H,9H2,1-3H3/t10-,17+,18+,20-/m1/s1. The molecule has 1 aromatic heterocycles. The summed E-state index contributed by atoms with van der Waals surface area (Å²) in [5.74, 6) is 2.75. The van der Waals surface area contributed by atoms with E-state index >= 15 is 0 Å². The molecule has 0 radical (unpaired) electrons. The molecule has 3 aromatic rings. The number of hydrogen-bond acceptors (Lipinski definition) is 7. The maximum Gasteiger partial charge on any atom is 0.315 e. The first-order valence-corrected chi connectivity index (χ1v) is 9.89. The molecule has 4 atom stereocenters. The minimum Gasteiger partial charge on any atom is -0.496 e. The van der Waals surface area contributed by atoms with Gasteiger partial charge in [0.15, 0.2) is 11.5 Å². The lowest BCUT2D eigenvalue weighted by atomic mass is 9.52. The van der Waals surface area contributed by atoms with Gasteiger partial charge < -0.3 is 28.1 Å². The predicted molar refractivity (Wildman–Crippen MR) is 106 cm³/mol. The predicted octanol–water partition coefficient (Wildman–Crippen LogP) is 4.23. The summed E-state index contributed by atoms with van der Waals surface area (Å²) in [6.07, 6.45) is 1.61. The van der Waals surface area contributed by atoms with Gasteiger partial charge in [-0.15, -0.1) is 0 Å². The average molecular weight is 408 g/mol. The van der Waals surface area contributed by atoms with Crippen molar-refractivity contribution >= 4 is 16.9 Å². The SMILES string of the molecule is COc1cc([C@@H]2[C@@H](C)[C@@H]3C(=O)Oc4cc5occc5c(OC)c4[C@@H]32)cc2c1OCO2. The molecular weight excluding hydrogens is 388 g/mol. The zero-order chi connectivity index (χ0) is 20.6. The molecule has 2 aliphatic heterocycles. The van der Waals surface area contributed by atoms with Crippen LogP contribution in [-0.4, -0.2) is 27.0 Å². The van der Waals surface area contributed by atoms with Gasteiger partial charge in [0.2, 0.25) is 12.5 Å². The molecule has 30 heavy (non-hydrogen) atoms. The highest BCUT2D eigenvalue weighted by molar-refractivity contribution is 5.92. The molecular formula is C23H20O7. The van der Waals surface area contributed by atoms with Gasteiger partial charge in [-0.3, -0.25) is 4.79 Å². The fourth-order valence-electron chi connectivity index (χ4n) is 5.40. The Hall–Kier alpha value is -3.35. The fourth-order valence-corrected chi connectivity index (χ4v) is 5.40. The first-order valence-electron chi connectivity index (χ1n) is 9.89. The molecule has 1 saturated carbocycles. The van der Waals surface area contributed by atoms with Crippen LogP contribution in [0.15, 0.2) is 34.9 Å². The molecule has 1 aliphatic carbocycles. The molecule has 7 nitrogen and oxygen atoms in total. The summed E-state index contributed by atoms with van der Waals surface area (Å²) in [7, 11) is 3.24. The van der Waals surface area contributed by atoms with Crippen molar-refractivity contribution in [2.45, 2.75) is 18.8 Å². The third kappa shape index (κ3) is 2.12. The normalized spacial score (nSPS) is 25.9. The maximum absolute atomic E-state index is 12.8. The van der Waals surface area contributed by atoms with E-state index in [0.29, 0.717) is 34.3 Å². The highest BCUT2D eigenvalue weighted by Crippen LogP contribution is 2.65. The first-order chi connectivity index (χ1) is 14.6. The number of rotatable bonds is 3. The van der Waals surface area contributed by atoms with Crippen molar-refractivity contribution in [1.82, 2.24) is 0 Å². The van der Waals surface area contributed by atoms with Crippen molar-refractivity contribution in [2.75, 3.05) is 21.0 Å². The van der Waals surface area contributed by atoms with Crippen LogP contribution in [0.25, 0.3) is 11.0 Å². The summed E-state index contributed by atoms with van der Waals surface area (Å²) in [4.78, 5) is 12.8. The largest absolute Gasteiger partial charge is 0.496 e. The number of methoxy groups -OCH3 is 2. The van der Waals surface area contributed by atoms with Crippen LogP contribution in [0.1, 0.15) is 29.9 Å². The van der Waals surface area contributed by atoms with Gasteiger partial charge in [0.05, 0.1) is 31.8 Å². The van der Waals surface area contributed by atoms with Crippen LogP contribution >= 0.6 is 0 Å². The zero-order valence-electron chi connectivity index (χ0n) is 16.8. The topological polar surface area (TPSA) is 76.4 Å². The van der Waals surface area contributed by atoms with Crippen LogP contribution in [0.4, 0.5) is 0 Å². The summed E-state index contributed by atoms with van der Waals surface area (Å²) in [5, 5.41) is 0.870. The highest BCUT2D eigenvalue weighted by atomic mass is 16.7. The lowest BCUT2D eigenvalue weighted by Gasteiger charge is -2.52. The lowest BCUT2D eigenvalue weighted by Crippen LogP contribution is -2.50. The van der Waals surface area contributed by atoms with Crippen molar-refractivity contribution in [2.24, 2.45) is 11.8 Å². The molecule has 0 N–H and O–H groups in total. The number of ether oxygens (including phenoxy) is 5. The Kier molecular flexibility index (Phi) is 3.54. The molecule has 154 valence electrons. The molecule has 0 saturated heterocycles. The van der Waals surface area contributed by atoms with Crippen LogP contribution in [0, 0.1) is 11.8 Å². The quantitative estimate of drug-likeness (QED) is 0.474. The second kappa shape index (κ2) is 6.08. The monoisotopic (exact) mass is 408 g/mol. The smallest absolute Gasteiger partial charge is 0.315 e. The Morgan fingerprint density at radius 1 is 1.00 bits per heavy atom. The Morgan fingerprint density at radius 2 is 1.87 bits per heavy atom. The van der Waals surface area contributed by atoms with Crippen LogP contribution in [-0.2, 0) is 4.79 Å². The van der Waals surface area contributed by atoms with Crippen LogP contribution < -0.4 is 23.7 Å². The number of benzene rings is 2. The van der Waals surface area contributed by atoms with Crippen molar-refractivity contribution < 1.29 is 32.9 Å². The van der Waals surface area contributed by atoms with Gasteiger partial charge in [-0.25, -0.2) is 0 Å². The van der Waals surface area contributed by atoms with Gasteiger partial charge in [-0.05, 0) is 35.6 Å². The zero-order valence-corrected chi connectivity index (χ0v) is 16.8. The summed E-state index contributed by atoms with van der Waals surface area (Å²) < 4.78 is 33.7. The van der Waals surface area contributed by atoms with E-state index in [4.69, 9.17) is 28.1 Å². The van der Waals surface area contributed by atoms with Gasteiger partial charge in [-0.2, -0.15) is 0 Å². The van der Waals surface area contributed by atoms with Crippen molar-refractivity contribution in [3.63, 3.8) is 0 Å². The van der Waals surface area contributed by atoms with Crippen LogP contribution in [0.5, 0.6) is 28.7 Å². The van der Waals surface area contributed by atoms with Crippen molar-refractivity contribution in [3.05, 3.63) is 41.7 Å². The van der Waals surface area contributed by atoms with E-state index in [-0.39, 0.29) is 36.4 Å². The third-order valence-electron chi connectivity index (χ3n) is 6.70. The Morgan fingerprint density at radius 3 is 2.67 bits per heavy atom. The molecule has 6 rings (SSSR count). The highest BCUT2D eigenvalue weighted by Gasteiger charge is 2.58. The van der Waals surface area contributed by atoms with E-state index in [0.717, 1.165) is 16.5 Å². The van der Waals surface area contributed by atoms with E-state index < -0.39 is 0 Å². The van der Waals surface area contributed by atoms with E-state index in [1.807, 2.05) is 18.2 Å².